The van der Waals surface area contributed by atoms with Crippen molar-refractivity contribution in [1.29, 1.82) is 0 Å². The maximum atomic E-state index is 13.4. The SMILES string of the molecule is CC(C)(CC(=O)O)CC(=O)N[C@H]1C[C@H]2C(=O)Nc3ccc(/C=C/c4ccc(O)cc4)cc3C(=O)N2C1. The Balaban J connectivity index is 1.47. The van der Waals surface area contributed by atoms with Crippen LogP contribution in [0.25, 0.3) is 12.2 Å². The normalized spacial score (nSPS) is 19.4. The van der Waals surface area contributed by atoms with Crippen molar-refractivity contribution in [2.45, 2.75) is 45.2 Å². The first-order valence-corrected chi connectivity index (χ1v) is 11.7. The van der Waals surface area contributed by atoms with E-state index >= 15 is 0 Å². The van der Waals surface area contributed by atoms with Crippen LogP contribution in [0, 0.1) is 5.41 Å². The van der Waals surface area contributed by atoms with E-state index in [0.29, 0.717) is 11.3 Å². The summed E-state index contributed by atoms with van der Waals surface area (Å²) >= 11 is 0. The molecule has 0 aromatic heterocycles. The second-order valence-corrected chi connectivity index (χ2v) is 10.1. The van der Waals surface area contributed by atoms with Gasteiger partial charge in [-0.25, -0.2) is 0 Å². The van der Waals surface area contributed by atoms with Crippen molar-refractivity contribution >= 4 is 41.5 Å². The van der Waals surface area contributed by atoms with Gasteiger partial charge in [0, 0.05) is 19.0 Å². The number of nitrogens with one attached hydrogen (secondary N) is 2. The first-order chi connectivity index (χ1) is 17.0. The smallest absolute Gasteiger partial charge is 0.303 e. The minimum Gasteiger partial charge on any atom is -0.508 e. The first kappa shape index (κ1) is 25.0. The number of phenols is 1. The number of nitrogens with zero attached hydrogens (tertiary/aromatic N) is 1. The van der Waals surface area contributed by atoms with Crippen molar-refractivity contribution in [2.75, 3.05) is 11.9 Å². The van der Waals surface area contributed by atoms with E-state index < -0.39 is 23.5 Å². The number of amides is 3. The highest BCUT2D eigenvalue weighted by atomic mass is 16.4. The number of carbonyl (C=O) groups excluding carboxylic acids is 3. The van der Waals surface area contributed by atoms with Gasteiger partial charge >= 0.3 is 5.97 Å². The Labute approximate surface area is 208 Å². The van der Waals surface area contributed by atoms with Gasteiger partial charge in [-0.05, 0) is 47.2 Å². The van der Waals surface area contributed by atoms with Gasteiger partial charge in [0.15, 0.2) is 0 Å². The fraction of sp³-hybridized carbons (Fsp3) is 0.333. The lowest BCUT2D eigenvalue weighted by Crippen LogP contribution is -2.41. The molecule has 0 radical (unpaired) electrons. The standard InChI is InChI=1S/C27H29N3O6/c1-27(2,14-24(33)34)13-23(32)28-18-12-22-25(35)29-21-10-7-17(11-20(21)26(36)30(22)15-18)4-3-16-5-8-19(31)9-6-16/h3-11,18,22,31H,12-15H2,1-2H3,(H,28,32)(H,29,35)(H,33,34)/b4-3+/t18-,22-/m0/s1. The Morgan fingerprint density at radius 3 is 2.44 bits per heavy atom. The zero-order valence-electron chi connectivity index (χ0n) is 20.2. The minimum absolute atomic E-state index is 0.0279. The lowest BCUT2D eigenvalue weighted by atomic mass is 9.85. The quantitative estimate of drug-likeness (QED) is 0.440. The third-order valence-electron chi connectivity index (χ3n) is 6.39. The number of fused-ring (bicyclic) bond motifs is 2. The maximum Gasteiger partial charge on any atom is 0.303 e. The predicted octanol–water partition coefficient (Wildman–Crippen LogP) is 3.11. The molecule has 2 aromatic carbocycles. The zero-order chi connectivity index (χ0) is 26.0. The summed E-state index contributed by atoms with van der Waals surface area (Å²) in [6.07, 6.45) is 3.87. The summed E-state index contributed by atoms with van der Waals surface area (Å²) in [6, 6.07) is 10.8. The van der Waals surface area contributed by atoms with Crippen molar-refractivity contribution in [3.8, 4) is 5.75 Å². The zero-order valence-corrected chi connectivity index (χ0v) is 20.2. The van der Waals surface area contributed by atoms with Crippen molar-refractivity contribution < 1.29 is 29.4 Å². The van der Waals surface area contributed by atoms with Gasteiger partial charge in [-0.15, -0.1) is 0 Å². The van der Waals surface area contributed by atoms with Gasteiger partial charge in [0.1, 0.15) is 11.8 Å². The molecular formula is C27H29N3O6. The summed E-state index contributed by atoms with van der Waals surface area (Å²) in [5.41, 5.74) is 1.75. The third-order valence-corrected chi connectivity index (χ3v) is 6.39. The molecule has 1 fully saturated rings. The molecule has 2 aliphatic rings. The van der Waals surface area contributed by atoms with E-state index in [-0.39, 0.29) is 49.3 Å². The van der Waals surface area contributed by atoms with Crippen LogP contribution in [-0.2, 0) is 14.4 Å². The van der Waals surface area contributed by atoms with Gasteiger partial charge in [-0.3, -0.25) is 19.2 Å². The van der Waals surface area contributed by atoms with Crippen molar-refractivity contribution in [2.24, 2.45) is 5.41 Å². The summed E-state index contributed by atoms with van der Waals surface area (Å²) in [7, 11) is 0. The topological polar surface area (TPSA) is 136 Å². The number of hydrogen-bond acceptors (Lipinski definition) is 5. The Bertz CT molecular complexity index is 1230. The number of aliphatic carboxylic acids is 1. The van der Waals surface area contributed by atoms with E-state index in [1.54, 1.807) is 50.2 Å². The monoisotopic (exact) mass is 491 g/mol. The molecule has 0 aliphatic carbocycles. The molecule has 4 rings (SSSR count). The van der Waals surface area contributed by atoms with E-state index in [1.165, 1.54) is 4.90 Å². The second-order valence-electron chi connectivity index (χ2n) is 10.1. The molecule has 2 heterocycles. The average Bonchev–Trinajstić information content (AvgIpc) is 3.17. The molecule has 4 N–H and O–H groups in total. The Morgan fingerprint density at radius 1 is 1.08 bits per heavy atom. The number of rotatable bonds is 7. The highest BCUT2D eigenvalue weighted by Crippen LogP contribution is 2.31. The lowest BCUT2D eigenvalue weighted by Gasteiger charge is -2.23. The van der Waals surface area contributed by atoms with Crippen molar-refractivity contribution in [1.82, 2.24) is 10.2 Å². The summed E-state index contributed by atoms with van der Waals surface area (Å²) < 4.78 is 0. The van der Waals surface area contributed by atoms with Crippen LogP contribution in [0.5, 0.6) is 5.75 Å². The van der Waals surface area contributed by atoms with Gasteiger partial charge in [-0.1, -0.05) is 44.2 Å². The van der Waals surface area contributed by atoms with E-state index in [9.17, 15) is 24.3 Å². The fourth-order valence-electron chi connectivity index (χ4n) is 4.70. The van der Waals surface area contributed by atoms with Gasteiger partial charge in [0.05, 0.1) is 17.7 Å². The highest BCUT2D eigenvalue weighted by molar-refractivity contribution is 6.10. The molecular weight excluding hydrogens is 462 g/mol. The second kappa shape index (κ2) is 9.85. The van der Waals surface area contributed by atoms with Crippen molar-refractivity contribution in [3.63, 3.8) is 0 Å². The molecule has 0 bridgehead atoms. The molecule has 9 heteroatoms. The van der Waals surface area contributed by atoms with Crippen LogP contribution in [-0.4, -0.2) is 57.4 Å². The molecule has 0 spiro atoms. The molecule has 2 atom stereocenters. The van der Waals surface area contributed by atoms with Crippen LogP contribution in [0.1, 0.15) is 54.6 Å². The Kier molecular flexibility index (Phi) is 6.83. The number of anilines is 1. The van der Waals surface area contributed by atoms with E-state index in [1.807, 2.05) is 18.2 Å². The van der Waals surface area contributed by atoms with Crippen LogP contribution in [0.2, 0.25) is 0 Å². The number of carboxylic acid groups (broad SMARTS) is 1. The minimum atomic E-state index is -0.972. The summed E-state index contributed by atoms with van der Waals surface area (Å²) in [5.74, 6) is -1.70. The summed E-state index contributed by atoms with van der Waals surface area (Å²) in [4.78, 5) is 51.4. The fourth-order valence-corrected chi connectivity index (χ4v) is 4.70. The Hall–Kier alpha value is -4.14. The predicted molar refractivity (Wildman–Crippen MR) is 134 cm³/mol. The molecule has 0 saturated carbocycles. The molecule has 0 unspecified atom stereocenters. The number of carboxylic acids is 1. The van der Waals surface area contributed by atoms with Gasteiger partial charge < -0.3 is 25.7 Å². The highest BCUT2D eigenvalue weighted by Gasteiger charge is 2.43. The number of hydrogen-bond donors (Lipinski definition) is 4. The van der Waals surface area contributed by atoms with Gasteiger partial charge in [0.2, 0.25) is 11.8 Å². The summed E-state index contributed by atoms with van der Waals surface area (Å²) in [6.45, 7) is 3.61. The van der Waals surface area contributed by atoms with Gasteiger partial charge in [-0.2, -0.15) is 0 Å². The van der Waals surface area contributed by atoms with Crippen LogP contribution in [0.3, 0.4) is 0 Å². The van der Waals surface area contributed by atoms with Gasteiger partial charge in [0.25, 0.3) is 5.91 Å². The molecule has 188 valence electrons. The Morgan fingerprint density at radius 2 is 1.75 bits per heavy atom. The molecule has 3 amide bonds. The average molecular weight is 492 g/mol. The molecule has 36 heavy (non-hydrogen) atoms. The van der Waals surface area contributed by atoms with E-state index in [0.717, 1.165) is 11.1 Å². The number of phenolic OH excluding ortho intramolecular Hbond substituents is 1. The maximum absolute atomic E-state index is 13.4. The third kappa shape index (κ3) is 5.73. The van der Waals surface area contributed by atoms with Crippen LogP contribution in [0.4, 0.5) is 5.69 Å². The lowest BCUT2D eigenvalue weighted by molar-refractivity contribution is -0.139. The number of benzene rings is 2. The molecule has 2 aliphatic heterocycles. The van der Waals surface area contributed by atoms with Crippen LogP contribution in [0.15, 0.2) is 42.5 Å². The largest absolute Gasteiger partial charge is 0.508 e. The molecule has 2 aromatic rings. The van der Waals surface area contributed by atoms with Crippen molar-refractivity contribution in [3.05, 3.63) is 59.2 Å². The first-order valence-electron chi connectivity index (χ1n) is 11.7. The van der Waals surface area contributed by atoms with Crippen LogP contribution >= 0.6 is 0 Å². The number of aromatic hydroxyl groups is 1. The summed E-state index contributed by atoms with van der Waals surface area (Å²) in [5, 5.41) is 24.2. The number of carbonyl (C=O) groups is 4. The molecule has 1 saturated heterocycles. The van der Waals surface area contributed by atoms with E-state index in [2.05, 4.69) is 10.6 Å². The van der Waals surface area contributed by atoms with Crippen LogP contribution < -0.4 is 10.6 Å². The molecule has 9 nitrogen and oxygen atoms in total. The van der Waals surface area contributed by atoms with E-state index in [4.69, 9.17) is 5.11 Å².